The van der Waals surface area contributed by atoms with E-state index in [1.54, 1.807) is 0 Å². The monoisotopic (exact) mass is 530 g/mol. The van der Waals surface area contributed by atoms with Crippen molar-refractivity contribution in [3.05, 3.63) is 135 Å². The van der Waals surface area contributed by atoms with Gasteiger partial charge in [-0.15, -0.1) is 5.56 Å². The van der Waals surface area contributed by atoms with Crippen molar-refractivity contribution in [2.24, 2.45) is 0 Å². The zero-order valence-electron chi connectivity index (χ0n) is 19.7. The molecule has 0 fully saturated rings. The molecule has 0 atom stereocenters. The van der Waals surface area contributed by atoms with Gasteiger partial charge in [-0.2, -0.15) is 17.2 Å². The Labute approximate surface area is 232 Å². The predicted molar refractivity (Wildman–Crippen MR) is 124 cm³/mol. The van der Waals surface area contributed by atoms with E-state index >= 15 is 0 Å². The van der Waals surface area contributed by atoms with E-state index in [0.29, 0.717) is 0 Å². The predicted octanol–water partition coefficient (Wildman–Crippen LogP) is -1.66. The van der Waals surface area contributed by atoms with E-state index in [9.17, 15) is 0 Å². The van der Waals surface area contributed by atoms with Gasteiger partial charge < -0.3 is 37.2 Å². The van der Waals surface area contributed by atoms with Crippen molar-refractivity contribution in [2.75, 3.05) is 0 Å². The fourth-order valence-electron chi connectivity index (χ4n) is 4.68. The largest absolute Gasteiger partial charge is 4.00 e. The molecule has 33 heavy (non-hydrogen) atoms. The van der Waals surface area contributed by atoms with Crippen LogP contribution in [0, 0.1) is 34.6 Å². The molecular weight excluding hydrogens is 503 g/mol. The Bertz CT molecular complexity index is 1070. The minimum Gasteiger partial charge on any atom is -1.00 e. The maximum absolute atomic E-state index is 2.35. The second kappa shape index (κ2) is 12.9. The van der Waals surface area contributed by atoms with Crippen LogP contribution < -0.4 is 37.2 Å². The summed E-state index contributed by atoms with van der Waals surface area (Å²) < 4.78 is 0. The van der Waals surface area contributed by atoms with Gasteiger partial charge in [-0.25, -0.2) is 6.07 Å². The molecule has 0 N–H and O–H groups in total. The van der Waals surface area contributed by atoms with Gasteiger partial charge in [-0.1, -0.05) is 103 Å². The Hall–Kier alpha value is -1.41. The summed E-state index contributed by atoms with van der Waals surface area (Å²) in [6.45, 7) is 11.0. The van der Waals surface area contributed by atoms with Crippen LogP contribution >= 0.6 is 0 Å². The molecule has 0 saturated heterocycles. The van der Waals surface area contributed by atoms with Crippen molar-refractivity contribution in [2.45, 2.75) is 40.0 Å². The zero-order valence-corrected chi connectivity index (χ0v) is 23.5. The normalized spacial score (nSPS) is 10.2. The van der Waals surface area contributed by atoms with Crippen molar-refractivity contribution in [3.63, 3.8) is 0 Å². The molecule has 0 spiro atoms. The number of rotatable bonds is 4. The van der Waals surface area contributed by atoms with Gasteiger partial charge in [0.25, 0.3) is 0 Å². The van der Waals surface area contributed by atoms with Gasteiger partial charge in [-0.3, -0.25) is 0 Å². The average Bonchev–Trinajstić information content (AvgIpc) is 3.02. The molecule has 4 rings (SSSR count). The topological polar surface area (TPSA) is 0 Å². The van der Waals surface area contributed by atoms with Crippen LogP contribution in [0.4, 0.5) is 0 Å². The summed E-state index contributed by atoms with van der Waals surface area (Å²) in [6.07, 6.45) is 0. The number of hydrogen-bond acceptors (Lipinski definition) is 0. The molecule has 170 valence electrons. The van der Waals surface area contributed by atoms with E-state index in [2.05, 4.69) is 120 Å². The van der Waals surface area contributed by atoms with E-state index < -0.39 is 0 Å². The maximum atomic E-state index is 2.35. The van der Waals surface area contributed by atoms with E-state index in [4.69, 9.17) is 0 Å². The van der Waals surface area contributed by atoms with Crippen molar-refractivity contribution >= 4 is 0 Å². The first-order valence-corrected chi connectivity index (χ1v) is 10.4. The first-order valence-electron chi connectivity index (χ1n) is 10.4. The van der Waals surface area contributed by atoms with Gasteiger partial charge >= 0.3 is 21.7 Å². The molecule has 4 aromatic carbocycles. The maximum Gasteiger partial charge on any atom is 4.00 e. The van der Waals surface area contributed by atoms with Gasteiger partial charge in [0.05, 0.1) is 0 Å². The van der Waals surface area contributed by atoms with Gasteiger partial charge in [0.2, 0.25) is 0 Å². The molecule has 0 aliphatic heterocycles. The average molecular weight is 532 g/mol. The van der Waals surface area contributed by atoms with E-state index in [0.717, 1.165) is 0 Å². The van der Waals surface area contributed by atoms with Crippen molar-refractivity contribution in [1.82, 2.24) is 0 Å². The summed E-state index contributed by atoms with van der Waals surface area (Å²) >= 11 is 0. The van der Waals surface area contributed by atoms with E-state index in [1.165, 1.54) is 50.1 Å². The van der Waals surface area contributed by atoms with Gasteiger partial charge in [-0.05, 0) is 37.5 Å². The third-order valence-electron chi connectivity index (χ3n) is 6.25. The minimum absolute atomic E-state index is 0. The first-order chi connectivity index (χ1) is 13.9. The second-order valence-electron chi connectivity index (χ2n) is 8.41. The summed E-state index contributed by atoms with van der Waals surface area (Å²) in [4.78, 5) is 0. The van der Waals surface area contributed by atoms with Crippen LogP contribution in [0.2, 0.25) is 0 Å². The molecule has 0 aliphatic rings. The van der Waals surface area contributed by atoms with Crippen LogP contribution in [0.25, 0.3) is 0 Å². The van der Waals surface area contributed by atoms with E-state index in [1.807, 2.05) is 0 Å². The van der Waals surface area contributed by atoms with Crippen molar-refractivity contribution in [1.29, 1.82) is 0 Å². The Morgan fingerprint density at radius 1 is 0.545 bits per heavy atom. The molecule has 0 bridgehead atoms. The summed E-state index contributed by atoms with van der Waals surface area (Å²) in [6, 6.07) is 31.7. The fraction of sp³-hybridized carbons (Fsp3) is 0.207. The van der Waals surface area contributed by atoms with Crippen LogP contribution in [0.3, 0.4) is 0 Å². The third kappa shape index (κ3) is 5.81. The van der Waals surface area contributed by atoms with Crippen molar-refractivity contribution in [3.8, 4) is 0 Å². The molecule has 0 unspecified atom stereocenters. The molecule has 0 nitrogen and oxygen atoms in total. The van der Waals surface area contributed by atoms with Crippen LogP contribution in [0.5, 0.6) is 0 Å². The van der Waals surface area contributed by atoms with Gasteiger partial charge in [0, 0.05) is 5.41 Å². The Morgan fingerprint density at radius 2 is 0.909 bits per heavy atom. The molecular formula is C29H29Cl3Ti. The standard InChI is InChI=1S/C29H29.3ClH.Ti/c1-20-9-6-12-25(17-20)29(26-13-7-10-21(2)18-26,27-14-8-11-22(3)19-27)28-16-15-23(4)24(28)5;;;;/h6-19H,1-5H3;3*1H;/q-1;;;;+4/p-3. The first kappa shape index (κ1) is 31.6. The molecule has 4 aromatic rings. The number of halogens is 3. The summed E-state index contributed by atoms with van der Waals surface area (Å²) in [7, 11) is 0. The minimum atomic E-state index is -0.345. The molecule has 0 heterocycles. The Morgan fingerprint density at radius 3 is 1.18 bits per heavy atom. The fourth-order valence-corrected chi connectivity index (χ4v) is 4.68. The molecule has 0 amide bonds. The number of hydrogen-bond donors (Lipinski definition) is 0. The number of aryl methyl sites for hydroxylation is 4. The van der Waals surface area contributed by atoms with Gasteiger partial charge in [0.15, 0.2) is 0 Å². The van der Waals surface area contributed by atoms with Gasteiger partial charge in [0.1, 0.15) is 0 Å². The Kier molecular flexibility index (Phi) is 12.3. The van der Waals surface area contributed by atoms with Crippen LogP contribution in [-0.2, 0) is 27.1 Å². The molecule has 0 saturated carbocycles. The second-order valence-corrected chi connectivity index (χ2v) is 8.41. The molecule has 0 aromatic heterocycles. The summed E-state index contributed by atoms with van der Waals surface area (Å²) in [5.74, 6) is 0. The van der Waals surface area contributed by atoms with Crippen LogP contribution in [0.15, 0.2) is 84.9 Å². The summed E-state index contributed by atoms with van der Waals surface area (Å²) in [5, 5.41) is 0. The SMILES string of the molecule is Cc1cccc(C(c2cccc(C)c2)(c2cccc(C)c2)[c-]2ccc(C)c2C)c1.[Cl-].[Cl-].[Cl-].[Ti+4]. The molecule has 4 heteroatoms. The molecule has 0 radical (unpaired) electrons. The van der Waals surface area contributed by atoms with Crippen molar-refractivity contribution < 1.29 is 58.9 Å². The van der Waals surface area contributed by atoms with E-state index in [-0.39, 0.29) is 64.4 Å². The molecule has 0 aliphatic carbocycles. The smallest absolute Gasteiger partial charge is 1.00 e. The van der Waals surface area contributed by atoms with Crippen LogP contribution in [0.1, 0.15) is 50.1 Å². The third-order valence-corrected chi connectivity index (χ3v) is 6.25. The van der Waals surface area contributed by atoms with Crippen LogP contribution in [-0.4, -0.2) is 0 Å². The summed E-state index contributed by atoms with van der Waals surface area (Å²) in [5.41, 5.74) is 11.6. The number of benzene rings is 3. The zero-order chi connectivity index (χ0) is 20.6. The Balaban J connectivity index is 0.00000256. The quantitative estimate of drug-likeness (QED) is 0.168.